The molecule has 1 saturated heterocycles. The molecule has 0 bridgehead atoms. The Morgan fingerprint density at radius 3 is 2.76 bits per heavy atom. The van der Waals surface area contributed by atoms with Gasteiger partial charge in [-0.1, -0.05) is 30.3 Å². The van der Waals surface area contributed by atoms with Crippen LogP contribution in [0.25, 0.3) is 0 Å². The van der Waals surface area contributed by atoms with Crippen molar-refractivity contribution in [2.24, 2.45) is 7.05 Å². The van der Waals surface area contributed by atoms with Gasteiger partial charge in [0.05, 0.1) is 11.8 Å². The number of likely N-dealkylation sites (tertiary alicyclic amines) is 1. The van der Waals surface area contributed by atoms with Gasteiger partial charge >= 0.3 is 0 Å². The number of aryl methyl sites for hydroxylation is 2. The lowest BCUT2D eigenvalue weighted by Gasteiger charge is -2.34. The summed E-state index contributed by atoms with van der Waals surface area (Å²) in [6.07, 6.45) is 8.61. The van der Waals surface area contributed by atoms with Crippen LogP contribution in [0.1, 0.15) is 58.2 Å². The summed E-state index contributed by atoms with van der Waals surface area (Å²) >= 11 is 0. The number of aromatic nitrogens is 4. The average Bonchev–Trinajstić information content (AvgIpc) is 3.29. The number of piperidine rings is 1. The zero-order chi connectivity index (χ0) is 22.8. The van der Waals surface area contributed by atoms with Crippen molar-refractivity contribution in [2.75, 3.05) is 31.1 Å². The van der Waals surface area contributed by atoms with Crippen molar-refractivity contribution in [1.29, 1.82) is 0 Å². The highest BCUT2D eigenvalue weighted by molar-refractivity contribution is 5.93. The molecule has 2 aliphatic heterocycles. The van der Waals surface area contributed by atoms with Crippen LogP contribution in [0.5, 0.6) is 0 Å². The molecule has 0 aliphatic carbocycles. The van der Waals surface area contributed by atoms with E-state index in [0.717, 1.165) is 69.1 Å². The molecule has 0 radical (unpaired) electrons. The highest BCUT2D eigenvalue weighted by Crippen LogP contribution is 2.32. The van der Waals surface area contributed by atoms with Crippen LogP contribution in [0, 0.1) is 6.92 Å². The lowest BCUT2D eigenvalue weighted by atomic mass is 9.95. The van der Waals surface area contributed by atoms with Crippen molar-refractivity contribution in [3.8, 4) is 0 Å². The normalized spacial score (nSPS) is 18.3. The molecule has 172 valence electrons. The first-order valence-corrected chi connectivity index (χ1v) is 12.0. The number of anilines is 1. The number of nitrogens with zero attached hydrogens (tertiary/aromatic N) is 6. The molecule has 33 heavy (non-hydrogen) atoms. The van der Waals surface area contributed by atoms with E-state index in [0.29, 0.717) is 12.1 Å². The topological polar surface area (TPSA) is 67.2 Å². The van der Waals surface area contributed by atoms with Crippen LogP contribution in [-0.4, -0.2) is 56.7 Å². The molecule has 1 amide bonds. The zero-order valence-electron chi connectivity index (χ0n) is 19.6. The smallest absolute Gasteiger partial charge is 0.257 e. The number of rotatable bonds is 5. The number of hydrogen-bond donors (Lipinski definition) is 0. The molecule has 1 atom stereocenters. The summed E-state index contributed by atoms with van der Waals surface area (Å²) < 4.78 is 1.68. The zero-order valence-corrected chi connectivity index (χ0v) is 19.6. The Morgan fingerprint density at radius 2 is 1.97 bits per heavy atom. The highest BCUT2D eigenvalue weighted by Gasteiger charge is 2.30. The van der Waals surface area contributed by atoms with E-state index in [1.807, 2.05) is 11.9 Å². The van der Waals surface area contributed by atoms with Gasteiger partial charge in [-0.25, -0.2) is 9.97 Å². The van der Waals surface area contributed by atoms with Gasteiger partial charge in [-0.15, -0.1) is 0 Å². The van der Waals surface area contributed by atoms with Crippen molar-refractivity contribution in [3.63, 3.8) is 0 Å². The Hall–Kier alpha value is -3.22. The number of carbonyl (C=O) groups excluding carboxylic acids is 1. The van der Waals surface area contributed by atoms with Crippen LogP contribution in [0.15, 0.2) is 42.7 Å². The van der Waals surface area contributed by atoms with E-state index in [2.05, 4.69) is 47.3 Å². The SMILES string of the molecule is Cc1nc([C@@H]2CCCN(C(=O)c3cnn(C)c3)C2)nc2c1CCCN2CCc1ccccc1. The molecular formula is C26H32N6O. The van der Waals surface area contributed by atoms with Crippen molar-refractivity contribution < 1.29 is 4.79 Å². The molecule has 2 aromatic heterocycles. The van der Waals surface area contributed by atoms with Gasteiger partial charge in [0.15, 0.2) is 0 Å². The van der Waals surface area contributed by atoms with Crippen molar-refractivity contribution in [3.05, 3.63) is 70.9 Å². The molecule has 4 heterocycles. The Bertz CT molecular complexity index is 1130. The standard InChI is InChI=1S/C26H32N6O/c1-19-23-11-7-13-31(15-12-20-8-4-3-5-9-20)25(23)29-24(28-19)21-10-6-14-32(18-21)26(33)22-16-27-30(2)17-22/h3-5,8-9,16-17,21H,6-7,10-15,18H2,1-2H3/t21-/m1/s1. The van der Waals surface area contributed by atoms with Gasteiger partial charge in [-0.2, -0.15) is 5.10 Å². The molecule has 3 aromatic rings. The largest absolute Gasteiger partial charge is 0.356 e. The van der Waals surface area contributed by atoms with Crippen LogP contribution in [-0.2, 0) is 19.9 Å². The van der Waals surface area contributed by atoms with Crippen molar-refractivity contribution in [2.45, 2.75) is 44.9 Å². The molecule has 0 spiro atoms. The second-order valence-corrected chi connectivity index (χ2v) is 9.29. The maximum atomic E-state index is 13.0. The molecule has 7 heteroatoms. The first kappa shape index (κ1) is 21.6. The van der Waals surface area contributed by atoms with E-state index in [1.165, 1.54) is 11.1 Å². The maximum absolute atomic E-state index is 13.0. The quantitative estimate of drug-likeness (QED) is 0.602. The molecule has 0 saturated carbocycles. The predicted molar refractivity (Wildman–Crippen MR) is 129 cm³/mol. The minimum Gasteiger partial charge on any atom is -0.356 e. The Labute approximate surface area is 195 Å². The van der Waals surface area contributed by atoms with E-state index in [4.69, 9.17) is 9.97 Å². The van der Waals surface area contributed by atoms with Crippen LogP contribution in [0.4, 0.5) is 5.82 Å². The van der Waals surface area contributed by atoms with E-state index >= 15 is 0 Å². The van der Waals surface area contributed by atoms with Crippen LogP contribution in [0.2, 0.25) is 0 Å². The third-order valence-electron chi connectivity index (χ3n) is 6.90. The molecule has 1 aromatic carbocycles. The second-order valence-electron chi connectivity index (χ2n) is 9.29. The van der Waals surface area contributed by atoms with Gasteiger partial charge in [0, 0.05) is 56.6 Å². The highest BCUT2D eigenvalue weighted by atomic mass is 16.2. The van der Waals surface area contributed by atoms with E-state index in [9.17, 15) is 4.79 Å². The van der Waals surface area contributed by atoms with Crippen LogP contribution in [0.3, 0.4) is 0 Å². The molecule has 0 unspecified atom stereocenters. The first-order chi connectivity index (χ1) is 16.1. The molecule has 0 N–H and O–H groups in total. The van der Waals surface area contributed by atoms with E-state index in [-0.39, 0.29) is 11.8 Å². The van der Waals surface area contributed by atoms with Gasteiger partial charge in [0.1, 0.15) is 11.6 Å². The second kappa shape index (κ2) is 9.33. The van der Waals surface area contributed by atoms with Gasteiger partial charge in [-0.05, 0) is 44.6 Å². The van der Waals surface area contributed by atoms with Crippen molar-refractivity contribution in [1.82, 2.24) is 24.6 Å². The number of fused-ring (bicyclic) bond motifs is 1. The average molecular weight is 445 g/mol. The van der Waals surface area contributed by atoms with Crippen LogP contribution >= 0.6 is 0 Å². The monoisotopic (exact) mass is 444 g/mol. The molecule has 7 nitrogen and oxygen atoms in total. The van der Waals surface area contributed by atoms with Gasteiger partial charge in [0.2, 0.25) is 0 Å². The first-order valence-electron chi connectivity index (χ1n) is 12.0. The molecule has 2 aliphatic rings. The van der Waals surface area contributed by atoms with Gasteiger partial charge in [0.25, 0.3) is 5.91 Å². The van der Waals surface area contributed by atoms with E-state index < -0.39 is 0 Å². The third-order valence-corrected chi connectivity index (χ3v) is 6.90. The summed E-state index contributed by atoms with van der Waals surface area (Å²) in [5.41, 5.74) is 4.38. The summed E-state index contributed by atoms with van der Waals surface area (Å²) in [7, 11) is 1.84. The van der Waals surface area contributed by atoms with Crippen LogP contribution < -0.4 is 4.90 Å². The Morgan fingerprint density at radius 1 is 1.12 bits per heavy atom. The third kappa shape index (κ3) is 4.63. The molecular weight excluding hydrogens is 412 g/mol. The Balaban J connectivity index is 1.35. The van der Waals surface area contributed by atoms with Gasteiger partial charge in [-0.3, -0.25) is 9.48 Å². The number of amides is 1. The lowest BCUT2D eigenvalue weighted by molar-refractivity contribution is 0.0704. The fourth-order valence-corrected chi connectivity index (χ4v) is 5.10. The number of carbonyl (C=O) groups is 1. The summed E-state index contributed by atoms with van der Waals surface area (Å²) in [4.78, 5) is 27.4. The lowest BCUT2D eigenvalue weighted by Crippen LogP contribution is -2.40. The summed E-state index contributed by atoms with van der Waals surface area (Å²) in [6.45, 7) is 5.55. The fraction of sp³-hybridized carbons (Fsp3) is 0.462. The fourth-order valence-electron chi connectivity index (χ4n) is 5.10. The maximum Gasteiger partial charge on any atom is 0.257 e. The molecule has 1 fully saturated rings. The number of hydrogen-bond acceptors (Lipinski definition) is 5. The van der Waals surface area contributed by atoms with Gasteiger partial charge < -0.3 is 9.80 Å². The summed E-state index contributed by atoms with van der Waals surface area (Å²) in [5.74, 6) is 2.21. The number of benzene rings is 1. The van der Waals surface area contributed by atoms with E-state index in [1.54, 1.807) is 17.1 Å². The minimum absolute atomic E-state index is 0.0481. The predicted octanol–water partition coefficient (Wildman–Crippen LogP) is 3.53. The summed E-state index contributed by atoms with van der Waals surface area (Å²) in [6, 6.07) is 10.7. The molecule has 5 rings (SSSR count). The van der Waals surface area contributed by atoms with Crippen molar-refractivity contribution >= 4 is 11.7 Å². The summed E-state index contributed by atoms with van der Waals surface area (Å²) in [5, 5.41) is 4.16. The minimum atomic E-state index is 0.0481. The Kier molecular flexibility index (Phi) is 6.11.